The zero-order valence-electron chi connectivity index (χ0n) is 6.60. The lowest BCUT2D eigenvalue weighted by Crippen LogP contribution is -2.44. The van der Waals surface area contributed by atoms with Gasteiger partial charge in [-0.05, 0) is 12.8 Å². The van der Waals surface area contributed by atoms with Crippen LogP contribution in [0, 0.1) is 0 Å². The van der Waals surface area contributed by atoms with Crippen molar-refractivity contribution in [1.29, 1.82) is 0 Å². The molecule has 1 fully saturated rings. The van der Waals surface area contributed by atoms with E-state index < -0.39 is 18.1 Å². The van der Waals surface area contributed by atoms with Crippen molar-refractivity contribution in [3.8, 4) is 0 Å². The van der Waals surface area contributed by atoms with Crippen LogP contribution in [0.5, 0.6) is 0 Å². The van der Waals surface area contributed by atoms with Gasteiger partial charge in [0.05, 0.1) is 6.04 Å². The molecule has 1 amide bonds. The molecule has 1 aliphatic rings. The zero-order chi connectivity index (χ0) is 10.1. The van der Waals surface area contributed by atoms with E-state index in [1.165, 1.54) is 6.29 Å². The van der Waals surface area contributed by atoms with Crippen molar-refractivity contribution in [3.63, 3.8) is 0 Å². The summed E-state index contributed by atoms with van der Waals surface area (Å²) in [5, 5.41) is 0. The van der Waals surface area contributed by atoms with Gasteiger partial charge in [0, 0.05) is 6.54 Å². The second kappa shape index (κ2) is 3.35. The van der Waals surface area contributed by atoms with Crippen LogP contribution in [0.25, 0.3) is 0 Å². The van der Waals surface area contributed by atoms with Crippen molar-refractivity contribution in [3.05, 3.63) is 0 Å². The summed E-state index contributed by atoms with van der Waals surface area (Å²) >= 11 is 0. The van der Waals surface area contributed by atoms with Gasteiger partial charge < -0.3 is 4.90 Å². The molecule has 0 aromatic heterocycles. The summed E-state index contributed by atoms with van der Waals surface area (Å²) in [6.07, 6.45) is -2.78. The van der Waals surface area contributed by atoms with Crippen LogP contribution in [-0.2, 0) is 9.59 Å². The predicted octanol–water partition coefficient (Wildman–Crippen LogP) is 0.649. The molecule has 0 bridgehead atoms. The number of halogens is 3. The Hall–Kier alpha value is -1.07. The minimum Gasteiger partial charge on any atom is -0.324 e. The Bertz CT molecular complexity index is 226. The number of carbonyl (C=O) groups excluding carboxylic acids is 2. The van der Waals surface area contributed by atoms with Crippen LogP contribution in [0.4, 0.5) is 13.2 Å². The summed E-state index contributed by atoms with van der Waals surface area (Å²) in [5.41, 5.74) is 0. The van der Waals surface area contributed by atoms with E-state index in [4.69, 9.17) is 0 Å². The minimum absolute atomic E-state index is 0.0156. The van der Waals surface area contributed by atoms with E-state index in [0.717, 1.165) is 0 Å². The molecule has 0 N–H and O–H groups in total. The maximum Gasteiger partial charge on any atom is 0.471 e. The lowest BCUT2D eigenvalue weighted by Gasteiger charge is -2.20. The number of alkyl halides is 3. The third-order valence-electron chi connectivity index (χ3n) is 1.89. The van der Waals surface area contributed by atoms with Gasteiger partial charge in [0.2, 0.25) is 6.29 Å². The van der Waals surface area contributed by atoms with E-state index in [1.54, 1.807) is 0 Å². The number of hydrogen-bond donors (Lipinski definition) is 0. The molecule has 6 heteroatoms. The minimum atomic E-state index is -4.89. The highest BCUT2D eigenvalue weighted by Gasteiger charge is 2.46. The van der Waals surface area contributed by atoms with E-state index in [-0.39, 0.29) is 13.0 Å². The highest BCUT2D eigenvalue weighted by atomic mass is 19.4. The van der Waals surface area contributed by atoms with Crippen molar-refractivity contribution >= 4 is 12.2 Å². The van der Waals surface area contributed by atoms with Crippen molar-refractivity contribution in [1.82, 2.24) is 4.90 Å². The normalized spacial score (nSPS) is 23.3. The quantitative estimate of drug-likeness (QED) is 0.614. The molecule has 0 spiro atoms. The maximum absolute atomic E-state index is 11.9. The summed E-state index contributed by atoms with van der Waals surface area (Å²) in [7, 11) is 0. The van der Waals surface area contributed by atoms with Crippen molar-refractivity contribution in [2.45, 2.75) is 25.1 Å². The first kappa shape index (κ1) is 10.0. The van der Waals surface area contributed by atoms with Gasteiger partial charge in [-0.2, -0.15) is 13.2 Å². The highest BCUT2D eigenvalue weighted by Crippen LogP contribution is 2.24. The third kappa shape index (κ3) is 1.99. The fourth-order valence-electron chi connectivity index (χ4n) is 1.30. The standard InChI is InChI=1S/C7H7F3NO2/c8-7(9,10)6(13)11-3-1-2-5(11)4-12/h5H,1-3H2. The Labute approximate surface area is 72.5 Å². The number of carbonyl (C=O) groups is 1. The number of rotatable bonds is 1. The SMILES string of the molecule is O=[C]C1CCCN1C(=O)C(F)(F)F. The smallest absolute Gasteiger partial charge is 0.324 e. The van der Waals surface area contributed by atoms with Crippen molar-refractivity contribution in [2.75, 3.05) is 6.54 Å². The summed E-state index contributed by atoms with van der Waals surface area (Å²) in [6, 6.07) is -1.02. The Kier molecular flexibility index (Phi) is 2.58. The van der Waals surface area contributed by atoms with Gasteiger partial charge in [0.15, 0.2) is 0 Å². The molecular weight excluding hydrogens is 187 g/mol. The Morgan fingerprint density at radius 2 is 2.08 bits per heavy atom. The van der Waals surface area contributed by atoms with Crippen LogP contribution >= 0.6 is 0 Å². The van der Waals surface area contributed by atoms with Gasteiger partial charge in [-0.1, -0.05) is 0 Å². The van der Waals surface area contributed by atoms with Gasteiger partial charge in [-0.3, -0.25) is 9.59 Å². The molecule has 0 aromatic carbocycles. The van der Waals surface area contributed by atoms with E-state index in [2.05, 4.69) is 0 Å². The first-order valence-corrected chi connectivity index (χ1v) is 3.72. The molecule has 1 unspecified atom stereocenters. The van der Waals surface area contributed by atoms with E-state index in [1.807, 2.05) is 0 Å². The molecule has 3 nitrogen and oxygen atoms in total. The molecule has 1 saturated heterocycles. The van der Waals surface area contributed by atoms with Gasteiger partial charge >= 0.3 is 12.1 Å². The third-order valence-corrected chi connectivity index (χ3v) is 1.89. The van der Waals surface area contributed by atoms with Crippen LogP contribution < -0.4 is 0 Å². The summed E-state index contributed by atoms with van der Waals surface area (Å²) < 4.78 is 35.7. The molecule has 73 valence electrons. The fourth-order valence-corrected chi connectivity index (χ4v) is 1.30. The molecule has 1 aliphatic heterocycles. The fraction of sp³-hybridized carbons (Fsp3) is 0.714. The molecule has 1 radical (unpaired) electrons. The van der Waals surface area contributed by atoms with Crippen LogP contribution in [0.1, 0.15) is 12.8 Å². The molecule has 0 aliphatic carbocycles. The van der Waals surface area contributed by atoms with E-state index >= 15 is 0 Å². The second-order valence-corrected chi connectivity index (χ2v) is 2.77. The lowest BCUT2D eigenvalue weighted by molar-refractivity contribution is -0.185. The lowest BCUT2D eigenvalue weighted by atomic mass is 10.2. The van der Waals surface area contributed by atoms with Crippen LogP contribution in [-0.4, -0.2) is 35.9 Å². The zero-order valence-corrected chi connectivity index (χ0v) is 6.60. The monoisotopic (exact) mass is 194 g/mol. The molecule has 1 atom stereocenters. The number of nitrogens with zero attached hydrogens (tertiary/aromatic N) is 1. The van der Waals surface area contributed by atoms with Crippen LogP contribution in [0.15, 0.2) is 0 Å². The number of amides is 1. The number of hydrogen-bond acceptors (Lipinski definition) is 2. The topological polar surface area (TPSA) is 37.4 Å². The molecule has 0 aromatic rings. The molecular formula is C7H7F3NO2. The Morgan fingerprint density at radius 3 is 2.54 bits per heavy atom. The number of likely N-dealkylation sites (tertiary alicyclic amines) is 1. The summed E-state index contributed by atoms with van der Waals surface area (Å²) in [5.74, 6) is -1.95. The molecule has 1 rings (SSSR count). The van der Waals surface area contributed by atoms with Crippen molar-refractivity contribution < 1.29 is 22.8 Å². The predicted molar refractivity (Wildman–Crippen MR) is 36.5 cm³/mol. The summed E-state index contributed by atoms with van der Waals surface area (Å²) in [6.45, 7) is -0.0156. The summed E-state index contributed by atoms with van der Waals surface area (Å²) in [4.78, 5) is 21.3. The molecule has 0 saturated carbocycles. The average Bonchev–Trinajstić information content (AvgIpc) is 2.48. The van der Waals surface area contributed by atoms with Gasteiger partial charge in [-0.25, -0.2) is 0 Å². The average molecular weight is 194 g/mol. The second-order valence-electron chi connectivity index (χ2n) is 2.77. The van der Waals surface area contributed by atoms with Crippen molar-refractivity contribution in [2.24, 2.45) is 0 Å². The van der Waals surface area contributed by atoms with Gasteiger partial charge in [-0.15, -0.1) is 0 Å². The highest BCUT2D eigenvalue weighted by molar-refractivity contribution is 5.85. The van der Waals surface area contributed by atoms with E-state index in [0.29, 0.717) is 11.3 Å². The molecule has 1 heterocycles. The molecule has 13 heavy (non-hydrogen) atoms. The van der Waals surface area contributed by atoms with Crippen LogP contribution in [0.3, 0.4) is 0 Å². The van der Waals surface area contributed by atoms with Gasteiger partial charge in [0.25, 0.3) is 0 Å². The van der Waals surface area contributed by atoms with E-state index in [9.17, 15) is 22.8 Å². The Balaban J connectivity index is 2.71. The largest absolute Gasteiger partial charge is 0.471 e. The first-order valence-electron chi connectivity index (χ1n) is 3.72. The first-order chi connectivity index (χ1) is 5.96. The van der Waals surface area contributed by atoms with Gasteiger partial charge in [0.1, 0.15) is 0 Å². The van der Waals surface area contributed by atoms with Crippen LogP contribution in [0.2, 0.25) is 0 Å². The Morgan fingerprint density at radius 1 is 1.46 bits per heavy atom. The maximum atomic E-state index is 11.9.